The molecule has 0 unspecified atom stereocenters. The molecule has 0 saturated heterocycles. The second-order valence-electron chi connectivity index (χ2n) is 27.2. The first-order chi connectivity index (χ1) is 46.6. The highest BCUT2D eigenvalue weighted by Gasteiger charge is 2.47. The van der Waals surface area contributed by atoms with E-state index >= 15 is 0 Å². The van der Waals surface area contributed by atoms with Gasteiger partial charge in [0.2, 0.25) is 20.0 Å². The number of rotatable bonds is 31. The molecule has 2 aromatic carbocycles. The number of nitrogens with zero attached hydrogens (tertiary/aromatic N) is 11. The molecule has 0 spiro atoms. The highest BCUT2D eigenvalue weighted by molar-refractivity contribution is 7.99. The van der Waals surface area contributed by atoms with Crippen molar-refractivity contribution >= 4 is 94.5 Å². The van der Waals surface area contributed by atoms with E-state index in [2.05, 4.69) is 68.9 Å². The van der Waals surface area contributed by atoms with E-state index in [0.717, 1.165) is 85.2 Å². The molecular formula is C66H94N14O12S4Si2. The van der Waals surface area contributed by atoms with Crippen molar-refractivity contribution in [1.82, 2.24) is 58.2 Å². The zero-order valence-corrected chi connectivity index (χ0v) is 63.4. The molecule has 0 atom stereocenters. The summed E-state index contributed by atoms with van der Waals surface area (Å²) < 4.78 is 94.8. The van der Waals surface area contributed by atoms with Gasteiger partial charge < -0.3 is 39.1 Å². The Morgan fingerprint density at radius 1 is 0.582 bits per heavy atom. The minimum absolute atomic E-state index is 0.0234. The summed E-state index contributed by atoms with van der Waals surface area (Å²) in [5, 5.41) is 18.7. The van der Waals surface area contributed by atoms with Crippen molar-refractivity contribution in [2.75, 3.05) is 103 Å². The predicted molar refractivity (Wildman–Crippen MR) is 389 cm³/mol. The molecule has 2 amide bonds. The summed E-state index contributed by atoms with van der Waals surface area (Å²) >= 11 is 3.09. The summed E-state index contributed by atoms with van der Waals surface area (Å²) in [6.45, 7) is 16.8. The lowest BCUT2D eigenvalue weighted by Gasteiger charge is -2.39. The van der Waals surface area contributed by atoms with E-state index in [0.29, 0.717) is 95.2 Å². The van der Waals surface area contributed by atoms with Crippen LogP contribution in [0.1, 0.15) is 74.6 Å². The van der Waals surface area contributed by atoms with Crippen molar-refractivity contribution in [3.05, 3.63) is 109 Å². The minimum atomic E-state index is -3.80. The van der Waals surface area contributed by atoms with Gasteiger partial charge in [-0.1, -0.05) is 75.7 Å². The number of hydrogen-bond acceptors (Lipinski definition) is 22. The number of carbonyl (C=O) groups excluding carboxylic acids is 2. The van der Waals surface area contributed by atoms with Crippen LogP contribution < -0.4 is 20.1 Å². The summed E-state index contributed by atoms with van der Waals surface area (Å²) in [6.07, 6.45) is 20.4. The Bertz CT molecular complexity index is 4200. The molecule has 2 fully saturated rings. The van der Waals surface area contributed by atoms with Gasteiger partial charge in [0.1, 0.15) is 30.5 Å². The molecule has 0 aliphatic heterocycles. The first-order valence-corrected chi connectivity index (χ1v) is 46.3. The van der Waals surface area contributed by atoms with Crippen molar-refractivity contribution in [2.24, 2.45) is 0 Å². The van der Waals surface area contributed by atoms with Gasteiger partial charge in [-0.2, -0.15) is 29.4 Å². The summed E-state index contributed by atoms with van der Waals surface area (Å²) in [5.74, 6) is -0.0887. The number of anilines is 2. The maximum atomic E-state index is 13.5. The van der Waals surface area contributed by atoms with Gasteiger partial charge in [-0.05, 0) is 100 Å². The lowest BCUT2D eigenvalue weighted by atomic mass is 9.76. The topological polar surface area (TPSA) is 307 Å². The maximum Gasteiger partial charge on any atom is 0.265 e. The molecule has 532 valence electrons. The number of nitrogens with two attached hydrogens (primary N) is 1. The zero-order valence-electron chi connectivity index (χ0n) is 58.1. The fraction of sp³-hybridized carbons (Fsp3) is 0.515. The lowest BCUT2D eigenvalue weighted by molar-refractivity contribution is -0.153. The van der Waals surface area contributed by atoms with Crippen LogP contribution in [-0.2, 0) is 58.1 Å². The number of nitrogen functional groups attached to an aromatic ring is 1. The van der Waals surface area contributed by atoms with Gasteiger partial charge in [0.25, 0.3) is 11.8 Å². The molecular weight excluding hydrogens is 1370 g/mol. The molecule has 10 rings (SSSR count). The van der Waals surface area contributed by atoms with Crippen LogP contribution >= 0.6 is 23.5 Å². The number of thioether (sulfide) groups is 2. The third-order valence-corrected chi connectivity index (χ3v) is 23.5. The van der Waals surface area contributed by atoms with Crippen LogP contribution in [0, 0.1) is 0 Å². The SMILES string of the molecule is COCCOC1(C(=O)NS(C)(=O)=O)CCC(c2nc3c(-c4cnn(-c5ccccc5)c4)cnn3c(N(COCC[Si](C)(C)C)COCC[Si](C)(C)C)c2SC)CC1.COCCOC1(C(=O)NS(C)(=O)=O)CCC(c2nc3c(-c4cnn(-c5ccccc5)c4)cnn3c(N)c2SC)CC1. The van der Waals surface area contributed by atoms with E-state index in [4.69, 9.17) is 49.2 Å². The fourth-order valence-corrected chi connectivity index (χ4v) is 16.1. The standard InChI is InChI=1S/C39H61N7O7S2Si2.C27H33N7O5S2/c1-50-19-20-53-39(38(47)43-55(3,48)49)17-15-30(16-18-39)34-35(54-2)37(44(28-51-21-23-56(4,5)6)29-52-22-24-57(7,8)9)46-36(42-34)33(26-41-46)31-25-40-45(27-31)32-13-11-10-12-14-32;1-38-13-14-39-27(26(35)32-41(3,36)37)11-9-18(10-12-27)22-23(40-2)24(28)34-25(31-22)21(16-30-34)19-15-29-33(17-19)20-7-5-4-6-8-20/h10-14,25-27,30H,15-24,28-29H2,1-9H3,(H,43,47);4-8,15-18H,9-14,28H2,1-3H3,(H,32,35). The van der Waals surface area contributed by atoms with E-state index in [-0.39, 0.29) is 38.3 Å². The van der Waals surface area contributed by atoms with Crippen LogP contribution in [0.2, 0.25) is 51.4 Å². The van der Waals surface area contributed by atoms with Gasteiger partial charge in [0.05, 0.1) is 96.3 Å². The number of methoxy groups -OCH3 is 2. The third kappa shape index (κ3) is 19.1. The van der Waals surface area contributed by atoms with Crippen molar-refractivity contribution < 1.29 is 54.8 Å². The minimum Gasteiger partial charge on any atom is -0.383 e. The average Bonchev–Trinajstić information content (AvgIpc) is 1.48. The van der Waals surface area contributed by atoms with Gasteiger partial charge in [-0.15, -0.1) is 23.5 Å². The van der Waals surface area contributed by atoms with Crippen LogP contribution in [0.15, 0.2) is 108 Å². The second kappa shape index (κ2) is 32.8. The average molecular weight is 1460 g/mol. The number of amides is 2. The maximum absolute atomic E-state index is 13.5. The monoisotopic (exact) mass is 1460 g/mol. The Morgan fingerprint density at radius 3 is 1.37 bits per heavy atom. The smallest absolute Gasteiger partial charge is 0.265 e. The van der Waals surface area contributed by atoms with Crippen molar-refractivity contribution in [3.8, 4) is 33.6 Å². The summed E-state index contributed by atoms with van der Waals surface area (Å²) in [6, 6.07) is 21.8. The number of para-hydroxylation sites is 2. The molecule has 8 aromatic rings. The van der Waals surface area contributed by atoms with Crippen molar-refractivity contribution in [1.29, 1.82) is 0 Å². The van der Waals surface area contributed by atoms with Crippen LogP contribution in [-0.4, -0.2) is 197 Å². The number of aromatic nitrogens is 10. The number of benzene rings is 2. The molecule has 32 heteroatoms. The van der Waals surface area contributed by atoms with Crippen LogP contribution in [0.5, 0.6) is 0 Å². The Morgan fingerprint density at radius 2 is 0.980 bits per heavy atom. The lowest BCUT2D eigenvalue weighted by Crippen LogP contribution is -2.52. The molecule has 2 aliphatic rings. The number of nitrogens with one attached hydrogen (secondary N) is 2. The molecule has 0 radical (unpaired) electrons. The van der Waals surface area contributed by atoms with Gasteiger partial charge in [0, 0.05) is 90.1 Å². The number of hydrogen-bond donors (Lipinski definition) is 3. The first kappa shape index (κ1) is 75.6. The van der Waals surface area contributed by atoms with E-state index in [1.54, 1.807) is 40.5 Å². The first-order valence-electron chi connectivity index (χ1n) is 32.7. The molecule has 4 N–H and O–H groups in total. The van der Waals surface area contributed by atoms with Crippen LogP contribution in [0.4, 0.5) is 11.6 Å². The molecule has 2 saturated carbocycles. The van der Waals surface area contributed by atoms with Crippen LogP contribution in [0.3, 0.4) is 0 Å². The summed E-state index contributed by atoms with van der Waals surface area (Å²) in [5.41, 5.74) is 12.2. The second-order valence-corrected chi connectivity index (χ2v) is 43.6. The largest absolute Gasteiger partial charge is 0.383 e. The zero-order chi connectivity index (χ0) is 70.6. The molecule has 26 nitrogen and oxygen atoms in total. The Balaban J connectivity index is 0.000000241. The van der Waals surface area contributed by atoms with E-state index in [1.165, 1.54) is 18.9 Å². The van der Waals surface area contributed by atoms with Gasteiger partial charge >= 0.3 is 0 Å². The number of sulfonamides is 2. The van der Waals surface area contributed by atoms with E-state index in [1.807, 2.05) is 107 Å². The highest BCUT2D eigenvalue weighted by atomic mass is 32.2. The van der Waals surface area contributed by atoms with Crippen LogP contribution in [0.25, 0.3) is 44.9 Å². The number of carbonyl (C=O) groups is 2. The normalized spacial score (nSPS) is 18.6. The van der Waals surface area contributed by atoms with E-state index < -0.39 is 59.2 Å². The van der Waals surface area contributed by atoms with Crippen molar-refractivity contribution in [3.63, 3.8) is 0 Å². The van der Waals surface area contributed by atoms with E-state index in [9.17, 15) is 26.4 Å². The Hall–Kier alpha value is -6.57. The Labute approximate surface area is 585 Å². The molecule has 2 aliphatic carbocycles. The fourth-order valence-electron chi connectivity index (χ4n) is 12.0. The molecule has 6 aromatic heterocycles. The highest BCUT2D eigenvalue weighted by Crippen LogP contribution is 2.47. The summed E-state index contributed by atoms with van der Waals surface area (Å²) in [7, 11) is -7.14. The van der Waals surface area contributed by atoms with Gasteiger partial charge in [0.15, 0.2) is 17.1 Å². The molecule has 0 bridgehead atoms. The Kier molecular flexibility index (Phi) is 25.3. The van der Waals surface area contributed by atoms with Crippen molar-refractivity contribution in [2.45, 2.75) is 136 Å². The summed E-state index contributed by atoms with van der Waals surface area (Å²) in [4.78, 5) is 41.0. The predicted octanol–water partition coefficient (Wildman–Crippen LogP) is 9.89. The van der Waals surface area contributed by atoms with Gasteiger partial charge in [-0.3, -0.25) is 19.0 Å². The quantitative estimate of drug-likeness (QED) is 0.0157. The number of ether oxygens (including phenoxy) is 6. The molecule has 98 heavy (non-hydrogen) atoms. The third-order valence-electron chi connectivity index (χ3n) is 17.4. The number of fused-ring (bicyclic) bond motifs is 2. The van der Waals surface area contributed by atoms with Gasteiger partial charge in [-0.25, -0.2) is 36.2 Å². The molecule has 6 heterocycles.